The van der Waals surface area contributed by atoms with Crippen LogP contribution in [0.25, 0.3) is 44.2 Å². The summed E-state index contributed by atoms with van der Waals surface area (Å²) in [5.74, 6) is 0. The molecule has 0 saturated carbocycles. The van der Waals surface area contributed by atoms with E-state index >= 15 is 0 Å². The third-order valence-corrected chi connectivity index (χ3v) is 12.2. The number of nitrogens with zero attached hydrogens (tertiary/aromatic N) is 2. The van der Waals surface area contributed by atoms with E-state index in [0.717, 1.165) is 28.4 Å². The van der Waals surface area contributed by atoms with Gasteiger partial charge in [0, 0.05) is 55.8 Å². The van der Waals surface area contributed by atoms with E-state index in [4.69, 9.17) is 4.42 Å². The van der Waals surface area contributed by atoms with Gasteiger partial charge in [-0.2, -0.15) is 0 Å². The zero-order chi connectivity index (χ0) is 35.4. The van der Waals surface area contributed by atoms with E-state index in [0.29, 0.717) is 0 Å². The van der Waals surface area contributed by atoms with Crippen LogP contribution in [0.2, 0.25) is 0 Å². The molecule has 0 atom stereocenters. The highest BCUT2D eigenvalue weighted by Gasteiger charge is 2.48. The number of anilines is 5. The lowest BCUT2D eigenvalue weighted by Gasteiger charge is -2.46. The Balaban J connectivity index is 1.29. The molecule has 4 heteroatoms. The van der Waals surface area contributed by atoms with E-state index in [1.54, 1.807) is 0 Å². The second-order valence-corrected chi connectivity index (χ2v) is 15.5. The fourth-order valence-corrected chi connectivity index (χ4v) is 9.69. The predicted molar refractivity (Wildman–Crippen MR) is 224 cm³/mol. The van der Waals surface area contributed by atoms with Gasteiger partial charge in [-0.25, -0.2) is 0 Å². The van der Waals surface area contributed by atoms with Gasteiger partial charge in [0.15, 0.2) is 0 Å². The summed E-state index contributed by atoms with van der Waals surface area (Å²) in [7, 11) is 0. The van der Waals surface area contributed by atoms with Crippen molar-refractivity contribution in [1.82, 2.24) is 0 Å². The van der Waals surface area contributed by atoms with Gasteiger partial charge in [-0.1, -0.05) is 118 Å². The highest BCUT2D eigenvalue weighted by Crippen LogP contribution is 2.56. The van der Waals surface area contributed by atoms with Crippen molar-refractivity contribution >= 4 is 68.1 Å². The van der Waals surface area contributed by atoms with Crippen molar-refractivity contribution in [1.29, 1.82) is 0 Å². The number of fused-ring (bicyclic) bond motifs is 11. The molecule has 1 aliphatic carbocycles. The molecular formula is C49H39BN2O. The minimum Gasteiger partial charge on any atom is -0.455 e. The zero-order valence-corrected chi connectivity index (χ0v) is 30.4. The van der Waals surface area contributed by atoms with Gasteiger partial charge in [0.1, 0.15) is 11.2 Å². The molecule has 0 radical (unpaired) electrons. The van der Waals surface area contributed by atoms with Gasteiger partial charge in [-0.05, 0) is 106 Å². The number of hydrogen-bond donors (Lipinski definition) is 0. The Morgan fingerprint density at radius 3 is 2.21 bits per heavy atom. The molecule has 7 aromatic carbocycles. The van der Waals surface area contributed by atoms with Crippen molar-refractivity contribution in [2.24, 2.45) is 0 Å². The average Bonchev–Trinajstić information content (AvgIpc) is 3.68. The van der Waals surface area contributed by atoms with E-state index in [9.17, 15) is 0 Å². The molecule has 0 amide bonds. The number of benzene rings is 7. The summed E-state index contributed by atoms with van der Waals surface area (Å²) in [5, 5.41) is 2.30. The summed E-state index contributed by atoms with van der Waals surface area (Å²) in [6, 6.07) is 54.2. The van der Waals surface area contributed by atoms with E-state index < -0.39 is 0 Å². The van der Waals surface area contributed by atoms with E-state index in [1.165, 1.54) is 91.1 Å². The molecule has 0 saturated heterocycles. The van der Waals surface area contributed by atoms with Gasteiger partial charge >= 0.3 is 6.85 Å². The topological polar surface area (TPSA) is 19.6 Å². The third kappa shape index (κ3) is 4.24. The lowest BCUT2D eigenvalue weighted by atomic mass is 9.43. The van der Waals surface area contributed by atoms with Crippen LogP contribution in [0.5, 0.6) is 0 Å². The zero-order valence-electron chi connectivity index (χ0n) is 30.4. The molecule has 8 aromatic rings. The van der Waals surface area contributed by atoms with Crippen molar-refractivity contribution in [2.45, 2.75) is 45.4 Å². The lowest BCUT2D eigenvalue weighted by Crippen LogP contribution is -2.61. The Kier molecular flexibility index (Phi) is 6.50. The number of rotatable bonds is 5. The maximum atomic E-state index is 7.00. The predicted octanol–water partition coefficient (Wildman–Crippen LogP) is 11.9. The molecular weight excluding hydrogens is 643 g/mol. The summed E-state index contributed by atoms with van der Waals surface area (Å²) >= 11 is 0. The van der Waals surface area contributed by atoms with Gasteiger partial charge < -0.3 is 14.1 Å². The van der Waals surface area contributed by atoms with Crippen LogP contribution in [0.3, 0.4) is 0 Å². The Hall–Kier alpha value is -6.00. The maximum Gasteiger partial charge on any atom is 0.333 e. The second-order valence-electron chi connectivity index (χ2n) is 15.5. The normalized spacial score (nSPS) is 14.6. The van der Waals surface area contributed by atoms with Crippen molar-refractivity contribution in [3.05, 3.63) is 162 Å². The van der Waals surface area contributed by atoms with Crippen LogP contribution in [-0.2, 0) is 11.8 Å². The molecule has 0 unspecified atom stereocenters. The van der Waals surface area contributed by atoms with Crippen LogP contribution >= 0.6 is 0 Å². The van der Waals surface area contributed by atoms with Gasteiger partial charge in [0.2, 0.25) is 0 Å². The number of aryl methyl sites for hydroxylation is 1. The molecule has 0 spiro atoms. The summed E-state index contributed by atoms with van der Waals surface area (Å²) in [6.45, 7) is 6.95. The van der Waals surface area contributed by atoms with Crippen LogP contribution in [0, 0.1) is 0 Å². The van der Waals surface area contributed by atoms with Crippen LogP contribution in [0.4, 0.5) is 28.4 Å². The van der Waals surface area contributed by atoms with Crippen LogP contribution in [0.15, 0.2) is 150 Å². The summed E-state index contributed by atoms with van der Waals surface area (Å²) in [5.41, 5.74) is 19.5. The molecule has 0 N–H and O–H groups in total. The largest absolute Gasteiger partial charge is 0.455 e. The summed E-state index contributed by atoms with van der Waals surface area (Å²) in [4.78, 5) is 5.12. The summed E-state index contributed by atoms with van der Waals surface area (Å²) in [6.07, 6.45) is 3.50. The van der Waals surface area contributed by atoms with E-state index in [-0.39, 0.29) is 12.3 Å². The van der Waals surface area contributed by atoms with Crippen molar-refractivity contribution in [3.8, 4) is 22.3 Å². The Labute approximate surface area is 311 Å². The van der Waals surface area contributed by atoms with Gasteiger partial charge in [-0.15, -0.1) is 0 Å². The van der Waals surface area contributed by atoms with Crippen LogP contribution in [0.1, 0.15) is 50.3 Å². The fourth-order valence-electron chi connectivity index (χ4n) is 9.69. The first kappa shape index (κ1) is 30.6. The van der Waals surface area contributed by atoms with E-state index in [2.05, 4.69) is 176 Å². The van der Waals surface area contributed by atoms with Gasteiger partial charge in [0.05, 0.1) is 0 Å². The van der Waals surface area contributed by atoms with Gasteiger partial charge in [-0.3, -0.25) is 0 Å². The number of para-hydroxylation sites is 3. The van der Waals surface area contributed by atoms with Crippen LogP contribution in [-0.4, -0.2) is 6.85 Å². The van der Waals surface area contributed by atoms with Crippen LogP contribution < -0.4 is 20.6 Å². The quantitative estimate of drug-likeness (QED) is 0.169. The minimum absolute atomic E-state index is 0.0752. The Bertz CT molecular complexity index is 2760. The molecule has 3 heterocycles. The summed E-state index contributed by atoms with van der Waals surface area (Å²) < 4.78 is 7.00. The first-order chi connectivity index (χ1) is 26.0. The van der Waals surface area contributed by atoms with Crippen molar-refractivity contribution in [2.75, 3.05) is 9.71 Å². The molecule has 0 fully saturated rings. The first-order valence-corrected chi connectivity index (χ1v) is 19.1. The monoisotopic (exact) mass is 682 g/mol. The molecule has 11 rings (SSSR count). The molecule has 1 aromatic heterocycles. The smallest absolute Gasteiger partial charge is 0.333 e. The minimum atomic E-state index is -0.134. The van der Waals surface area contributed by atoms with Crippen molar-refractivity contribution < 1.29 is 4.42 Å². The molecule has 53 heavy (non-hydrogen) atoms. The highest BCUT2D eigenvalue weighted by molar-refractivity contribution is 6.94. The average molecular weight is 683 g/mol. The molecule has 2 aliphatic heterocycles. The molecule has 254 valence electrons. The fraction of sp³-hybridized carbons (Fsp3) is 0.143. The Morgan fingerprint density at radius 1 is 0.604 bits per heavy atom. The molecule has 0 bridgehead atoms. The standard InChI is InChI=1S/C49H39BN2O/c1-4-5-15-31-24-26-32(27-25-31)51-42-22-13-12-21-41(42)50-47-44(51)29-37-35-19-10-14-23-45(35)53-48(37)46(47)38-28-36-34-18-9-11-20-39(34)49(2,3)40(36)30-43(38)52(50)33-16-7-6-8-17-33/h6-14,16-30H,4-5,15H2,1-3H3. The van der Waals surface area contributed by atoms with Gasteiger partial charge in [0.25, 0.3) is 0 Å². The first-order valence-electron chi connectivity index (χ1n) is 19.1. The third-order valence-electron chi connectivity index (χ3n) is 12.2. The van der Waals surface area contributed by atoms with Crippen molar-refractivity contribution in [3.63, 3.8) is 0 Å². The number of unbranched alkanes of at least 4 members (excludes halogenated alkanes) is 1. The number of furan rings is 1. The maximum absolute atomic E-state index is 7.00. The second kappa shape index (κ2) is 11.3. The molecule has 3 aliphatic rings. The van der Waals surface area contributed by atoms with E-state index in [1.807, 2.05) is 0 Å². The Morgan fingerprint density at radius 2 is 1.36 bits per heavy atom. The number of hydrogen-bond acceptors (Lipinski definition) is 3. The SMILES string of the molecule is CCCCc1ccc(N2c3ccccc3B3c4c2cc2c(oc5ccccc52)c4-c2cc4c(cc2N3c2ccccc2)C(C)(C)c2ccccc2-4)cc1. The molecule has 3 nitrogen and oxygen atoms in total. The highest BCUT2D eigenvalue weighted by atomic mass is 16.3. The lowest BCUT2D eigenvalue weighted by molar-refractivity contribution is 0.660.